The lowest BCUT2D eigenvalue weighted by atomic mass is 10.0. The Bertz CT molecular complexity index is 3340. The van der Waals surface area contributed by atoms with Gasteiger partial charge < -0.3 is 107 Å². The number of likely N-dealkylation sites (tertiary alicyclic amines) is 1. The van der Waals surface area contributed by atoms with E-state index in [0.717, 1.165) is 103 Å². The van der Waals surface area contributed by atoms with Crippen LogP contribution in [0.4, 0.5) is 0 Å². The zero-order valence-electron chi connectivity index (χ0n) is 79.2. The Hall–Kier alpha value is -6.18. The van der Waals surface area contributed by atoms with Gasteiger partial charge in [0, 0.05) is 102 Å². The number of nitrogens with one attached hydrogen (secondary N) is 4. The molecule has 7 atom stereocenters. The van der Waals surface area contributed by atoms with Crippen LogP contribution in [0.5, 0.6) is 0 Å². The zero-order chi connectivity index (χ0) is 104. The molecular weight excluding hydrogens is 1960 g/mol. The van der Waals surface area contributed by atoms with E-state index in [4.69, 9.17) is 48.4 Å². The van der Waals surface area contributed by atoms with Crippen molar-refractivity contribution in [1.29, 1.82) is 0 Å². The number of carboxylic acids is 9. The Labute approximate surface area is 825 Å². The standard InChI is InChI=1S/C58H94N7O31PS.C13H29O5PS2.C7H17O4PS.3CH4.H2NO.2H2/c1-92-97(90,91)96-24-11-2-3-12-28-98-43-29-47(70)65(54(43)83)23-17-46(69)61-58(36-93-25-18-39(66)13-5-4-6-14-40(55(84)85)62(30-48(71)72)31-49(73)74,37-94-26-19-44(67)59-21-9-7-15-41(56(86)87)63(32-50(75)76)33-51(77)78)38-95-27-20-45(68)60-22-10-8-16-42(57(88)89)64(34-52(79)80)35-53(81)82;1-17-19(15,16)18-11-7-3-5-9-13-21-20-12-8-4-2-6-10-14;1-10-12(8,9)11-6-4-2-3-5-7-13;;;;1-2;;/h40-43H,2-38H2,1H3,(H,59,67)(H,60,68)(H,61,69)(H,71,72)(H,73,74)(H,75,76)(H,77,78)(H,79,80)(H,81,82)(H,84,85)(H,86,87)(H,88,89)(H,90,91);14H,2-13H2,1H3,(H,15,16);13H,2-7H2,1H3,(H,8,9);3*1H4;1-2H;2*1H/q;;;;;;-1;;/i;;;;;;2D;1+2D;1+2. The van der Waals surface area contributed by atoms with E-state index in [2.05, 4.69) is 51.9 Å². The number of thiol groups is 1. The molecule has 5 amide bonds. The number of phosphoric ester groups is 3. The Balaban J connectivity index is -0.000000568. The molecule has 808 valence electrons. The number of carbonyl (C=O) groups excluding carboxylic acids is 6. The molecule has 0 radical (unpaired) electrons. The number of unbranched alkanes of at least 4 members (excludes halogenated alkanes) is 16. The van der Waals surface area contributed by atoms with Gasteiger partial charge >= 0.3 is 77.2 Å². The Morgan fingerprint density at radius 1 is 0.474 bits per heavy atom. The van der Waals surface area contributed by atoms with Gasteiger partial charge in [0.1, 0.15) is 29.4 Å². The first-order valence-electron chi connectivity index (χ1n) is 44.9. The Morgan fingerprint density at radius 3 is 1.13 bits per heavy atom. The molecule has 49 nitrogen and oxygen atoms in total. The number of ether oxygens (including phenoxy) is 3. The summed E-state index contributed by atoms with van der Waals surface area (Å²) >= 11 is 5.32. The van der Waals surface area contributed by atoms with E-state index < -0.39 is 201 Å². The number of hydrogen-bond donors (Lipinski definition) is 18. The quantitative estimate of drug-likeness (QED) is 0.00675. The monoisotopic (exact) mass is 2130 g/mol. The molecule has 1 aliphatic rings. The van der Waals surface area contributed by atoms with Crippen LogP contribution in [0.25, 0.3) is 5.90 Å². The molecule has 0 bridgehead atoms. The average molecular weight is 2130 g/mol. The van der Waals surface area contributed by atoms with Crippen molar-refractivity contribution in [1.82, 2.24) is 35.6 Å². The van der Waals surface area contributed by atoms with E-state index in [0.29, 0.717) is 44.5 Å². The van der Waals surface area contributed by atoms with E-state index in [1.165, 1.54) is 43.9 Å². The van der Waals surface area contributed by atoms with Gasteiger partial charge in [0.15, 0.2) is 1.43 Å². The van der Waals surface area contributed by atoms with Gasteiger partial charge in [-0.25, -0.2) is 13.7 Å². The van der Waals surface area contributed by atoms with Gasteiger partial charge in [-0.3, -0.25) is 119 Å². The Morgan fingerprint density at radius 2 is 0.796 bits per heavy atom. The fraction of sp³-hybridized carbons (Fsp3) is 0.815. The normalized spacial score (nSPS) is 14.8. The van der Waals surface area contributed by atoms with Crippen LogP contribution in [0.15, 0.2) is 0 Å². The van der Waals surface area contributed by atoms with Gasteiger partial charge in [-0.1, -0.05) is 108 Å². The van der Waals surface area contributed by atoms with E-state index in [9.17, 15) is 136 Å². The van der Waals surface area contributed by atoms with Crippen LogP contribution in [0.3, 0.4) is 0 Å². The molecule has 0 saturated carbocycles. The van der Waals surface area contributed by atoms with Crippen LogP contribution < -0.4 is 16.0 Å². The SMILES string of the molecule is C.C.C.COP(=O)(O)OCCCCCCS.COP(=O)(O)OCCCCCCSC1CC(=O)N(CCC(=O)NC(COCCC(=O)CCCCCC(C(=O)O)N(CC(=O)O)CC(=O)O)(COCCC(=O)NCCCCC(C(=O)O)N(CC(=O)O)CC(=O)O)COCCC(=O)NCCCCC(C(=O)O)N(CC(=O)O)CC(=O)O)C1=O.COP(=O)(O)OCCCCCCSSCCCCCCO.[2H]O[NH-].[2H][3H].[3HH]. The number of rotatable bonds is 87. The fourth-order valence-electron chi connectivity index (χ4n) is 12.3. The maximum absolute atomic E-state index is 14.0. The largest absolute Gasteiger partial charge is 0.553 e. The number of carboxylic acid groups (broad SMARTS) is 9. The van der Waals surface area contributed by atoms with Gasteiger partial charge in [0.2, 0.25) is 29.5 Å². The van der Waals surface area contributed by atoms with Crippen LogP contribution in [-0.4, -0.2) is 378 Å². The average Bonchev–Trinajstić information content (AvgIpc) is 1.71. The highest BCUT2D eigenvalue weighted by Crippen LogP contribution is 2.44. The number of Topliss-reactive ketones (excluding diaryl/α,β-unsaturated/α-hetero) is 1. The summed E-state index contributed by atoms with van der Waals surface area (Å²) in [7, 11) is -4.42. The molecule has 1 fully saturated rings. The third-order valence-corrected chi connectivity index (χ3v) is 26.2. The highest BCUT2D eigenvalue weighted by atomic mass is 33.1. The minimum atomic E-state index is -4.11. The molecule has 0 spiro atoms. The molecule has 0 aromatic rings. The molecule has 1 heterocycles. The first-order valence-corrected chi connectivity index (χ1v) is 52.1. The van der Waals surface area contributed by atoms with Gasteiger partial charge in [-0.2, -0.15) is 12.6 Å². The van der Waals surface area contributed by atoms with Crippen molar-refractivity contribution in [3.63, 3.8) is 0 Å². The van der Waals surface area contributed by atoms with Gasteiger partial charge in [0.25, 0.3) is 0 Å². The molecule has 18 N–H and O–H groups in total. The highest BCUT2D eigenvalue weighted by Gasteiger charge is 2.41. The van der Waals surface area contributed by atoms with Crippen LogP contribution in [0, 0.1) is 0 Å². The van der Waals surface area contributed by atoms with Crippen molar-refractivity contribution < 1.29 is 204 Å². The number of nitrogens with zero attached hydrogens (tertiary/aromatic N) is 4. The third-order valence-electron chi connectivity index (χ3n) is 19.1. The molecule has 1 saturated heterocycles. The predicted octanol–water partition coefficient (Wildman–Crippen LogP) is 8.81. The molecular formula is C81H158N8O41P3S4-. The first kappa shape index (κ1) is 137. The molecule has 137 heavy (non-hydrogen) atoms. The lowest BCUT2D eigenvalue weighted by Gasteiger charge is -2.34. The summed E-state index contributed by atoms with van der Waals surface area (Å²) in [6, 6.07) is -4.36. The van der Waals surface area contributed by atoms with Crippen molar-refractivity contribution in [2.45, 2.75) is 257 Å². The number of hydrogen-bond acceptors (Lipinski definition) is 36. The molecule has 56 heteroatoms. The van der Waals surface area contributed by atoms with Crippen molar-refractivity contribution in [3.05, 3.63) is 5.90 Å². The van der Waals surface area contributed by atoms with Crippen LogP contribution in [0.2, 0.25) is 1.43 Å². The van der Waals surface area contributed by atoms with Gasteiger partial charge in [-0.05, 0) is 114 Å². The highest BCUT2D eigenvalue weighted by molar-refractivity contribution is 8.76. The van der Waals surface area contributed by atoms with E-state index in [1.807, 2.05) is 21.6 Å². The maximum atomic E-state index is 14.0. The molecule has 0 aliphatic carbocycles. The number of amides is 5. The summed E-state index contributed by atoms with van der Waals surface area (Å²) in [5.74, 6) is -7.19. The minimum Gasteiger partial charge on any atom is -0.553 e. The van der Waals surface area contributed by atoms with Crippen LogP contribution in [-0.2, 0) is 127 Å². The summed E-state index contributed by atoms with van der Waals surface area (Å²) in [5.41, 5.74) is -1.72. The van der Waals surface area contributed by atoms with Crippen molar-refractivity contribution in [3.8, 4) is 0 Å². The maximum Gasteiger partial charge on any atom is 0.471 e. The van der Waals surface area contributed by atoms with E-state index in [1.54, 1.807) is 0 Å². The smallest absolute Gasteiger partial charge is 0.471 e. The van der Waals surface area contributed by atoms with Crippen molar-refractivity contribution in [2.75, 3.05) is 169 Å². The summed E-state index contributed by atoms with van der Waals surface area (Å²) in [6.45, 7) is -7.01. The third kappa shape index (κ3) is 80.0. The predicted molar refractivity (Wildman–Crippen MR) is 515 cm³/mol. The molecule has 1 aliphatic heterocycles. The lowest BCUT2D eigenvalue weighted by molar-refractivity contribution is -0.152. The molecule has 1 rings (SSSR count). The number of phosphoric acid groups is 3. The summed E-state index contributed by atoms with van der Waals surface area (Å²) < 4.78 is 93.6. The summed E-state index contributed by atoms with van der Waals surface area (Å²) in [4.78, 5) is 214. The minimum absolute atomic E-state index is 0. The fourth-order valence-corrected chi connectivity index (χ4v) is 17.4. The molecule has 7 unspecified atom stereocenters. The Kier molecular flexibility index (Phi) is 87.7. The second-order valence-electron chi connectivity index (χ2n) is 30.1. The molecule has 0 aromatic heterocycles. The number of ketones is 1. The lowest BCUT2D eigenvalue weighted by Crippen LogP contribution is -2.59. The van der Waals surface area contributed by atoms with Crippen LogP contribution in [0.1, 0.15) is 232 Å². The number of carbonyl (C=O) groups is 15. The zero-order valence-corrected chi connectivity index (χ0v) is 82.3. The second-order valence-corrected chi connectivity index (χ2v) is 39.2. The van der Waals surface area contributed by atoms with E-state index >= 15 is 0 Å². The topological polar surface area (TPSA) is 746 Å². The summed E-state index contributed by atoms with van der Waals surface area (Å²) in [5, 5.41) is 103. The number of aliphatic carboxylic acids is 9. The van der Waals surface area contributed by atoms with Crippen molar-refractivity contribution >= 4 is 158 Å². The number of imide groups is 1. The molecule has 0 aromatic carbocycles. The van der Waals surface area contributed by atoms with Crippen molar-refractivity contribution in [2.24, 2.45) is 0 Å². The van der Waals surface area contributed by atoms with Gasteiger partial charge in [0.05, 0.1) is 104 Å². The first-order chi connectivity index (χ1) is 64.9. The van der Waals surface area contributed by atoms with E-state index in [-0.39, 0.29) is 179 Å². The van der Waals surface area contributed by atoms with Crippen LogP contribution >= 0.6 is 69.4 Å². The number of aliphatic hydroxyl groups is 1. The second kappa shape index (κ2) is 87.6. The van der Waals surface area contributed by atoms with Gasteiger partial charge in [-0.15, -0.1) is 11.8 Å². The number of thioether (sulfide) groups is 1. The number of aliphatic hydroxyl groups excluding tert-OH is 1. The summed E-state index contributed by atoms with van der Waals surface area (Å²) in [6.07, 6.45) is 14.4.